The molecule has 1 atom stereocenters. The van der Waals surface area contributed by atoms with Crippen LogP contribution >= 0.6 is 11.3 Å². The Hall–Kier alpha value is -1.16. The van der Waals surface area contributed by atoms with Crippen molar-refractivity contribution in [2.45, 2.75) is 25.9 Å². The number of hydrogen-bond acceptors (Lipinski definition) is 3. The molecule has 0 spiro atoms. The van der Waals surface area contributed by atoms with Crippen molar-refractivity contribution in [3.05, 3.63) is 58.3 Å². The van der Waals surface area contributed by atoms with E-state index in [1.165, 1.54) is 36.4 Å². The summed E-state index contributed by atoms with van der Waals surface area (Å²) >= 11 is 1.88. The van der Waals surface area contributed by atoms with Gasteiger partial charge in [0.1, 0.15) is 0 Å². The molecule has 2 heterocycles. The van der Waals surface area contributed by atoms with Crippen LogP contribution in [0.15, 0.2) is 47.8 Å². The first-order valence-electron chi connectivity index (χ1n) is 7.89. The van der Waals surface area contributed by atoms with Gasteiger partial charge in [0, 0.05) is 24.5 Å². The molecular formula is C18H24N2S. The monoisotopic (exact) mass is 300 g/mol. The number of thiophene rings is 1. The summed E-state index contributed by atoms with van der Waals surface area (Å²) in [4.78, 5) is 4.11. The van der Waals surface area contributed by atoms with Crippen LogP contribution in [0, 0.1) is 5.92 Å². The zero-order valence-corrected chi connectivity index (χ0v) is 13.3. The Labute approximate surface area is 131 Å². The Bertz CT molecular complexity index is 509. The molecule has 0 aliphatic carbocycles. The van der Waals surface area contributed by atoms with E-state index in [-0.39, 0.29) is 0 Å². The average Bonchev–Trinajstić information content (AvgIpc) is 3.02. The standard InChI is InChI=1S/C18H24N2S/c1-2-6-16(7-3-1)12-19-13-17-8-4-10-20(14-17)15-18-9-5-11-21-18/h1-3,5-7,9,11,17,19H,4,8,10,12-15H2. The van der Waals surface area contributed by atoms with Gasteiger partial charge >= 0.3 is 0 Å². The molecule has 1 fully saturated rings. The third kappa shape index (κ3) is 4.67. The third-order valence-corrected chi connectivity index (χ3v) is 5.03. The summed E-state index contributed by atoms with van der Waals surface area (Å²) in [6, 6.07) is 15.1. The zero-order valence-electron chi connectivity index (χ0n) is 12.5. The highest BCUT2D eigenvalue weighted by atomic mass is 32.1. The number of benzene rings is 1. The molecule has 21 heavy (non-hydrogen) atoms. The van der Waals surface area contributed by atoms with Crippen LogP contribution in [0.25, 0.3) is 0 Å². The molecule has 112 valence electrons. The van der Waals surface area contributed by atoms with E-state index in [1.807, 2.05) is 11.3 Å². The fourth-order valence-corrected chi connectivity index (χ4v) is 3.85. The number of likely N-dealkylation sites (tertiary alicyclic amines) is 1. The van der Waals surface area contributed by atoms with Crippen LogP contribution in [-0.2, 0) is 13.1 Å². The molecule has 1 aliphatic rings. The molecule has 1 aliphatic heterocycles. The summed E-state index contributed by atoms with van der Waals surface area (Å²) in [5.74, 6) is 0.794. The molecule has 1 saturated heterocycles. The minimum atomic E-state index is 0.794. The summed E-state index contributed by atoms with van der Waals surface area (Å²) in [6.45, 7) is 5.75. The minimum absolute atomic E-state index is 0.794. The van der Waals surface area contributed by atoms with Crippen LogP contribution in [-0.4, -0.2) is 24.5 Å². The molecule has 1 aromatic heterocycles. The first kappa shape index (κ1) is 14.8. The molecule has 0 bridgehead atoms. The summed E-state index contributed by atoms with van der Waals surface area (Å²) < 4.78 is 0. The third-order valence-electron chi connectivity index (χ3n) is 4.17. The predicted octanol–water partition coefficient (Wildman–Crippen LogP) is 3.75. The van der Waals surface area contributed by atoms with Gasteiger partial charge in [-0.05, 0) is 48.9 Å². The predicted molar refractivity (Wildman–Crippen MR) is 90.5 cm³/mol. The molecule has 1 unspecified atom stereocenters. The molecule has 0 radical (unpaired) electrons. The molecule has 1 aromatic carbocycles. The van der Waals surface area contributed by atoms with Gasteiger partial charge in [-0.1, -0.05) is 36.4 Å². The van der Waals surface area contributed by atoms with Gasteiger partial charge in [-0.3, -0.25) is 4.90 Å². The summed E-state index contributed by atoms with van der Waals surface area (Å²) in [5, 5.41) is 5.81. The Balaban J connectivity index is 1.41. The smallest absolute Gasteiger partial charge is 0.0328 e. The van der Waals surface area contributed by atoms with Gasteiger partial charge in [0.05, 0.1) is 0 Å². The number of nitrogens with zero attached hydrogens (tertiary/aromatic N) is 1. The molecular weight excluding hydrogens is 276 g/mol. The maximum Gasteiger partial charge on any atom is 0.0328 e. The van der Waals surface area contributed by atoms with Crippen LogP contribution < -0.4 is 5.32 Å². The molecule has 3 heteroatoms. The van der Waals surface area contributed by atoms with Gasteiger partial charge < -0.3 is 5.32 Å². The van der Waals surface area contributed by atoms with Crippen LogP contribution in [0.1, 0.15) is 23.3 Å². The normalized spacial score (nSPS) is 19.7. The molecule has 3 rings (SSSR count). The highest BCUT2D eigenvalue weighted by molar-refractivity contribution is 7.09. The SMILES string of the molecule is c1ccc(CNCC2CCCN(Cc3cccs3)C2)cc1. The Morgan fingerprint density at radius 3 is 2.86 bits per heavy atom. The van der Waals surface area contributed by atoms with Gasteiger partial charge in [-0.25, -0.2) is 0 Å². The van der Waals surface area contributed by atoms with Gasteiger partial charge in [-0.2, -0.15) is 0 Å². The van der Waals surface area contributed by atoms with Gasteiger partial charge in [-0.15, -0.1) is 11.3 Å². The van der Waals surface area contributed by atoms with E-state index in [1.54, 1.807) is 0 Å². The van der Waals surface area contributed by atoms with E-state index in [9.17, 15) is 0 Å². The molecule has 0 saturated carbocycles. The van der Waals surface area contributed by atoms with Crippen LogP contribution in [0.4, 0.5) is 0 Å². The van der Waals surface area contributed by atoms with Crippen molar-refractivity contribution in [2.75, 3.05) is 19.6 Å². The van der Waals surface area contributed by atoms with E-state index in [4.69, 9.17) is 0 Å². The maximum absolute atomic E-state index is 3.63. The summed E-state index contributed by atoms with van der Waals surface area (Å²) in [7, 11) is 0. The lowest BCUT2D eigenvalue weighted by Gasteiger charge is -2.32. The first-order valence-corrected chi connectivity index (χ1v) is 8.77. The van der Waals surface area contributed by atoms with Crippen molar-refractivity contribution in [1.29, 1.82) is 0 Å². The van der Waals surface area contributed by atoms with Crippen molar-refractivity contribution in [3.63, 3.8) is 0 Å². The number of hydrogen-bond donors (Lipinski definition) is 1. The second-order valence-corrected chi connectivity index (χ2v) is 6.97. The first-order chi connectivity index (χ1) is 10.4. The van der Waals surface area contributed by atoms with Gasteiger partial charge in [0.15, 0.2) is 0 Å². The summed E-state index contributed by atoms with van der Waals surface area (Å²) in [6.07, 6.45) is 2.70. The second-order valence-electron chi connectivity index (χ2n) is 5.94. The maximum atomic E-state index is 3.63. The lowest BCUT2D eigenvalue weighted by molar-refractivity contribution is 0.166. The molecule has 2 aromatic rings. The lowest BCUT2D eigenvalue weighted by atomic mass is 9.98. The van der Waals surface area contributed by atoms with Gasteiger partial charge in [0.2, 0.25) is 0 Å². The quantitative estimate of drug-likeness (QED) is 0.874. The van der Waals surface area contributed by atoms with Crippen LogP contribution in [0.2, 0.25) is 0 Å². The highest BCUT2D eigenvalue weighted by Crippen LogP contribution is 2.20. The molecule has 0 amide bonds. The van der Waals surface area contributed by atoms with Crippen molar-refractivity contribution >= 4 is 11.3 Å². The number of piperidine rings is 1. The van der Waals surface area contributed by atoms with Crippen molar-refractivity contribution in [3.8, 4) is 0 Å². The van der Waals surface area contributed by atoms with Crippen molar-refractivity contribution in [2.24, 2.45) is 5.92 Å². The van der Waals surface area contributed by atoms with E-state index in [0.717, 1.165) is 25.6 Å². The Morgan fingerprint density at radius 2 is 2.05 bits per heavy atom. The van der Waals surface area contributed by atoms with Crippen molar-refractivity contribution < 1.29 is 0 Å². The molecule has 1 N–H and O–H groups in total. The van der Waals surface area contributed by atoms with E-state index < -0.39 is 0 Å². The number of rotatable bonds is 6. The van der Waals surface area contributed by atoms with Crippen LogP contribution in [0.5, 0.6) is 0 Å². The van der Waals surface area contributed by atoms with Crippen LogP contribution in [0.3, 0.4) is 0 Å². The van der Waals surface area contributed by atoms with E-state index >= 15 is 0 Å². The Kier molecular flexibility index (Phi) is 5.44. The Morgan fingerprint density at radius 1 is 1.14 bits per heavy atom. The largest absolute Gasteiger partial charge is 0.312 e. The fraction of sp³-hybridized carbons (Fsp3) is 0.444. The highest BCUT2D eigenvalue weighted by Gasteiger charge is 2.19. The zero-order chi connectivity index (χ0) is 14.3. The minimum Gasteiger partial charge on any atom is -0.312 e. The summed E-state index contributed by atoms with van der Waals surface area (Å²) in [5.41, 5.74) is 1.38. The molecule has 2 nitrogen and oxygen atoms in total. The van der Waals surface area contributed by atoms with Gasteiger partial charge in [0.25, 0.3) is 0 Å². The average molecular weight is 300 g/mol. The lowest BCUT2D eigenvalue weighted by Crippen LogP contribution is -2.38. The van der Waals surface area contributed by atoms with Crippen molar-refractivity contribution in [1.82, 2.24) is 10.2 Å². The van der Waals surface area contributed by atoms with E-state index in [2.05, 4.69) is 58.1 Å². The number of nitrogens with one attached hydrogen (secondary N) is 1. The topological polar surface area (TPSA) is 15.3 Å². The second kappa shape index (κ2) is 7.74. The fourth-order valence-electron chi connectivity index (χ4n) is 3.10. The van der Waals surface area contributed by atoms with E-state index in [0.29, 0.717) is 0 Å².